The normalized spacial score (nSPS) is 9.40. The molecule has 0 amide bonds. The fourth-order valence-electron chi connectivity index (χ4n) is 0.340. The van der Waals surface area contributed by atoms with Crippen LogP contribution in [-0.2, 0) is 21.7 Å². The van der Waals surface area contributed by atoms with E-state index >= 15 is 0 Å². The Hall–Kier alpha value is 0.734. The van der Waals surface area contributed by atoms with Gasteiger partial charge in [-0.25, -0.2) is 12.2 Å². The molecular formula is C6H11Cl2OTi-. The van der Waals surface area contributed by atoms with Crippen LogP contribution in [0.2, 0.25) is 0 Å². The van der Waals surface area contributed by atoms with Gasteiger partial charge in [-0.05, 0) is 0 Å². The van der Waals surface area contributed by atoms with Crippen LogP contribution in [0.1, 0.15) is 6.42 Å². The predicted molar refractivity (Wildman–Crippen MR) is 44.2 cm³/mol. The molecule has 0 spiro atoms. The van der Waals surface area contributed by atoms with Gasteiger partial charge in [0.05, 0.1) is 0 Å². The van der Waals surface area contributed by atoms with Gasteiger partial charge in [-0.3, -0.25) is 6.08 Å². The van der Waals surface area contributed by atoms with Gasteiger partial charge in [0.2, 0.25) is 0 Å². The maximum absolute atomic E-state index is 7.00. The molecule has 1 aliphatic rings. The van der Waals surface area contributed by atoms with E-state index < -0.39 is 0 Å². The third-order valence-corrected chi connectivity index (χ3v) is 0.586. The van der Waals surface area contributed by atoms with E-state index in [-0.39, 0.29) is 46.5 Å². The molecular weight excluding hydrogens is 207 g/mol. The fraction of sp³-hybridized carbons (Fsp3) is 0.333. The van der Waals surface area contributed by atoms with Crippen molar-refractivity contribution in [1.29, 1.82) is 0 Å². The van der Waals surface area contributed by atoms with Crippen molar-refractivity contribution in [1.82, 2.24) is 0 Å². The van der Waals surface area contributed by atoms with Crippen LogP contribution in [0.25, 0.3) is 0 Å². The molecule has 0 aromatic rings. The zero-order valence-electron chi connectivity index (χ0n) is 5.70. The standard InChI is InChI=1S/C5H5.CH4O.2ClH.Ti/c1-2-4-5-3-1;1-2;;;/h1-3H,4H2;2H,1H3;2*1H;/q-1;;;;. The van der Waals surface area contributed by atoms with Gasteiger partial charge in [-0.2, -0.15) is 6.08 Å². The molecule has 1 N–H and O–H groups in total. The van der Waals surface area contributed by atoms with Gasteiger partial charge in [-0.15, -0.1) is 31.2 Å². The van der Waals surface area contributed by atoms with E-state index in [9.17, 15) is 0 Å². The molecule has 1 nitrogen and oxygen atoms in total. The van der Waals surface area contributed by atoms with Crippen LogP contribution in [0.5, 0.6) is 0 Å². The summed E-state index contributed by atoms with van der Waals surface area (Å²) >= 11 is 0. The quantitative estimate of drug-likeness (QED) is 0.485. The molecule has 0 unspecified atom stereocenters. The first-order valence-electron chi connectivity index (χ1n) is 2.16. The van der Waals surface area contributed by atoms with Crippen molar-refractivity contribution < 1.29 is 26.8 Å². The fourth-order valence-corrected chi connectivity index (χ4v) is 0.340. The molecule has 0 fully saturated rings. The summed E-state index contributed by atoms with van der Waals surface area (Å²) in [5.41, 5.74) is 0. The molecule has 4 heteroatoms. The largest absolute Gasteiger partial charge is 0.400 e. The van der Waals surface area contributed by atoms with E-state index in [0.717, 1.165) is 13.5 Å². The third-order valence-electron chi connectivity index (χ3n) is 0.586. The Morgan fingerprint density at radius 1 is 1.30 bits per heavy atom. The second-order valence-electron chi connectivity index (χ2n) is 1.00. The van der Waals surface area contributed by atoms with Gasteiger partial charge in [0, 0.05) is 28.8 Å². The number of allylic oxidation sites excluding steroid dienone is 4. The number of halogens is 2. The molecule has 1 aliphatic carbocycles. The first kappa shape index (κ1) is 22.4. The second-order valence-corrected chi connectivity index (χ2v) is 1.00. The molecule has 0 saturated heterocycles. The average Bonchev–Trinajstić information content (AvgIpc) is 2.23. The molecule has 0 aromatic heterocycles. The summed E-state index contributed by atoms with van der Waals surface area (Å²) in [5, 5.41) is 7.00. The summed E-state index contributed by atoms with van der Waals surface area (Å²) in [5.74, 6) is 0. The van der Waals surface area contributed by atoms with Gasteiger partial charge in [0.1, 0.15) is 0 Å². The van der Waals surface area contributed by atoms with Crippen LogP contribution in [0.3, 0.4) is 0 Å². The topological polar surface area (TPSA) is 20.2 Å². The number of hydrogen-bond donors (Lipinski definition) is 1. The summed E-state index contributed by atoms with van der Waals surface area (Å²) in [7, 11) is 1.00. The van der Waals surface area contributed by atoms with E-state index in [2.05, 4.69) is 12.2 Å². The van der Waals surface area contributed by atoms with E-state index in [4.69, 9.17) is 5.11 Å². The minimum absolute atomic E-state index is 0. The van der Waals surface area contributed by atoms with Crippen LogP contribution in [0.15, 0.2) is 18.2 Å². The summed E-state index contributed by atoms with van der Waals surface area (Å²) < 4.78 is 0. The zero-order chi connectivity index (χ0) is 5.54. The Kier molecular flexibility index (Phi) is 50.7. The number of aliphatic hydroxyl groups excluding tert-OH is 1. The third kappa shape index (κ3) is 15.9. The van der Waals surface area contributed by atoms with Crippen molar-refractivity contribution in [2.24, 2.45) is 0 Å². The molecule has 60 valence electrons. The molecule has 0 saturated carbocycles. The first-order valence-corrected chi connectivity index (χ1v) is 2.16. The second kappa shape index (κ2) is 22.6. The summed E-state index contributed by atoms with van der Waals surface area (Å²) in [6, 6.07) is 0. The molecule has 0 aromatic carbocycles. The minimum atomic E-state index is 0. The summed E-state index contributed by atoms with van der Waals surface area (Å²) in [6.45, 7) is 0. The molecule has 0 radical (unpaired) electrons. The Balaban J connectivity index is -0.0000000337. The maximum Gasteiger partial charge on any atom is 0.0319 e. The molecule has 0 heterocycles. The zero-order valence-corrected chi connectivity index (χ0v) is 8.90. The van der Waals surface area contributed by atoms with E-state index in [1.165, 1.54) is 0 Å². The van der Waals surface area contributed by atoms with Crippen molar-refractivity contribution >= 4 is 24.8 Å². The number of aliphatic hydroxyl groups is 1. The Morgan fingerprint density at radius 3 is 1.90 bits per heavy atom. The molecule has 1 rings (SSSR count). The van der Waals surface area contributed by atoms with Crippen LogP contribution in [0, 0.1) is 6.08 Å². The van der Waals surface area contributed by atoms with Crippen LogP contribution in [0.4, 0.5) is 0 Å². The van der Waals surface area contributed by atoms with Gasteiger partial charge in [0.15, 0.2) is 0 Å². The Bertz CT molecular complexity index is 73.8. The van der Waals surface area contributed by atoms with Crippen LogP contribution >= 0.6 is 24.8 Å². The molecule has 0 aliphatic heterocycles. The SMILES string of the molecule is CO.Cl.Cl.[C-]1=CC=CC1.[Ti]. The Labute approximate surface area is 89.3 Å². The summed E-state index contributed by atoms with van der Waals surface area (Å²) in [4.78, 5) is 0. The molecule has 0 bridgehead atoms. The van der Waals surface area contributed by atoms with Crippen LogP contribution in [-0.4, -0.2) is 12.2 Å². The minimum Gasteiger partial charge on any atom is -0.400 e. The van der Waals surface area contributed by atoms with E-state index in [1.807, 2.05) is 12.2 Å². The van der Waals surface area contributed by atoms with Crippen molar-refractivity contribution in [3.05, 3.63) is 24.3 Å². The first-order chi connectivity index (χ1) is 3.50. The van der Waals surface area contributed by atoms with Crippen molar-refractivity contribution in [3.8, 4) is 0 Å². The van der Waals surface area contributed by atoms with Crippen molar-refractivity contribution in [2.45, 2.75) is 6.42 Å². The summed E-state index contributed by atoms with van der Waals surface area (Å²) in [6.07, 6.45) is 10.0. The smallest absolute Gasteiger partial charge is 0.0319 e. The monoisotopic (exact) mass is 217 g/mol. The van der Waals surface area contributed by atoms with Gasteiger partial charge >= 0.3 is 0 Å². The predicted octanol–water partition coefficient (Wildman–Crippen LogP) is 1.76. The molecule has 10 heavy (non-hydrogen) atoms. The van der Waals surface area contributed by atoms with E-state index in [0.29, 0.717) is 0 Å². The van der Waals surface area contributed by atoms with Crippen LogP contribution < -0.4 is 0 Å². The van der Waals surface area contributed by atoms with E-state index in [1.54, 1.807) is 0 Å². The van der Waals surface area contributed by atoms with Gasteiger partial charge in [-0.1, -0.05) is 0 Å². The van der Waals surface area contributed by atoms with Crippen molar-refractivity contribution in [2.75, 3.05) is 7.11 Å². The Morgan fingerprint density at radius 2 is 1.80 bits per heavy atom. The average molecular weight is 218 g/mol. The number of hydrogen-bond acceptors (Lipinski definition) is 1. The van der Waals surface area contributed by atoms with Crippen molar-refractivity contribution in [3.63, 3.8) is 0 Å². The number of rotatable bonds is 0. The van der Waals surface area contributed by atoms with Gasteiger partial charge < -0.3 is 5.11 Å². The van der Waals surface area contributed by atoms with Gasteiger partial charge in [0.25, 0.3) is 0 Å². The molecule has 0 atom stereocenters. The maximum atomic E-state index is 7.00.